The number of benzene rings is 1. The highest BCUT2D eigenvalue weighted by Gasteiger charge is 2.23. The van der Waals surface area contributed by atoms with Gasteiger partial charge in [-0.15, -0.1) is 0 Å². The summed E-state index contributed by atoms with van der Waals surface area (Å²) in [7, 11) is 0. The lowest BCUT2D eigenvalue weighted by Gasteiger charge is -2.32. The predicted octanol–water partition coefficient (Wildman–Crippen LogP) is 2.73. The number of fused-ring (bicyclic) bond motifs is 1. The second-order valence-corrected chi connectivity index (χ2v) is 7.92. The minimum absolute atomic E-state index is 0.123. The van der Waals surface area contributed by atoms with E-state index in [0.717, 1.165) is 49.2 Å². The van der Waals surface area contributed by atoms with Gasteiger partial charge < -0.3 is 10.3 Å². The van der Waals surface area contributed by atoms with Crippen LogP contribution >= 0.6 is 0 Å². The summed E-state index contributed by atoms with van der Waals surface area (Å²) in [5.74, 6) is 1.85. The van der Waals surface area contributed by atoms with Gasteiger partial charge >= 0.3 is 0 Å². The molecule has 0 aliphatic carbocycles. The van der Waals surface area contributed by atoms with Crippen molar-refractivity contribution in [2.45, 2.75) is 45.6 Å². The summed E-state index contributed by atoms with van der Waals surface area (Å²) in [5, 5.41) is 3.04. The molecule has 1 aromatic heterocycles. The standard InChI is InChI=1S/C19H28N4O/c1-19(2,3)22-18(24)13-23-10-8-14(9-11-23)12-17-20-15-6-4-5-7-16(15)21-17/h4-7,14H,8-13H2,1-3H3,(H,20,21)(H,22,24). The van der Waals surface area contributed by atoms with Gasteiger partial charge in [-0.2, -0.15) is 0 Å². The second-order valence-electron chi connectivity index (χ2n) is 7.92. The van der Waals surface area contributed by atoms with Crippen LogP contribution in [0.5, 0.6) is 0 Å². The van der Waals surface area contributed by atoms with E-state index in [0.29, 0.717) is 12.5 Å². The molecule has 130 valence electrons. The van der Waals surface area contributed by atoms with E-state index in [9.17, 15) is 4.79 Å². The fourth-order valence-corrected chi connectivity index (χ4v) is 3.39. The highest BCUT2D eigenvalue weighted by molar-refractivity contribution is 5.78. The summed E-state index contributed by atoms with van der Waals surface area (Å²) in [5.41, 5.74) is 2.00. The number of imidazole rings is 1. The number of H-pyrrole nitrogens is 1. The van der Waals surface area contributed by atoms with E-state index in [1.165, 1.54) is 0 Å². The van der Waals surface area contributed by atoms with E-state index in [1.807, 2.05) is 39.0 Å². The Labute approximate surface area is 143 Å². The minimum Gasteiger partial charge on any atom is -0.350 e. The van der Waals surface area contributed by atoms with Crippen LogP contribution in [-0.2, 0) is 11.2 Å². The van der Waals surface area contributed by atoms with E-state index >= 15 is 0 Å². The summed E-state index contributed by atoms with van der Waals surface area (Å²) in [4.78, 5) is 22.4. The average Bonchev–Trinajstić information content (AvgIpc) is 2.89. The first-order chi connectivity index (χ1) is 11.4. The highest BCUT2D eigenvalue weighted by Crippen LogP contribution is 2.22. The zero-order valence-corrected chi connectivity index (χ0v) is 14.9. The third-order valence-electron chi connectivity index (χ3n) is 4.51. The number of carbonyl (C=O) groups excluding carboxylic acids is 1. The molecule has 0 bridgehead atoms. The maximum Gasteiger partial charge on any atom is 0.234 e. The van der Waals surface area contributed by atoms with Crippen molar-refractivity contribution >= 4 is 16.9 Å². The molecule has 0 unspecified atom stereocenters. The van der Waals surface area contributed by atoms with Crippen LogP contribution in [0.25, 0.3) is 11.0 Å². The fraction of sp³-hybridized carbons (Fsp3) is 0.579. The topological polar surface area (TPSA) is 61.0 Å². The zero-order chi connectivity index (χ0) is 17.2. The van der Waals surface area contributed by atoms with Gasteiger partial charge in [-0.25, -0.2) is 4.98 Å². The van der Waals surface area contributed by atoms with Gasteiger partial charge in [-0.1, -0.05) is 12.1 Å². The van der Waals surface area contributed by atoms with E-state index in [2.05, 4.69) is 26.3 Å². The van der Waals surface area contributed by atoms with Crippen molar-refractivity contribution in [3.05, 3.63) is 30.1 Å². The van der Waals surface area contributed by atoms with Gasteiger partial charge in [0.2, 0.25) is 5.91 Å². The average molecular weight is 328 g/mol. The molecule has 0 saturated carbocycles. The van der Waals surface area contributed by atoms with Crippen molar-refractivity contribution in [2.75, 3.05) is 19.6 Å². The number of para-hydroxylation sites is 2. The van der Waals surface area contributed by atoms with E-state index < -0.39 is 0 Å². The van der Waals surface area contributed by atoms with E-state index in [4.69, 9.17) is 0 Å². The number of aromatic amines is 1. The summed E-state index contributed by atoms with van der Waals surface area (Å²) in [6.45, 7) is 8.54. The molecule has 1 fully saturated rings. The second kappa shape index (κ2) is 6.93. The van der Waals surface area contributed by atoms with Crippen LogP contribution in [0.3, 0.4) is 0 Å². The Bertz CT molecular complexity index is 660. The summed E-state index contributed by atoms with van der Waals surface area (Å²) in [6.07, 6.45) is 3.25. The summed E-state index contributed by atoms with van der Waals surface area (Å²) >= 11 is 0. The van der Waals surface area contributed by atoms with Gasteiger partial charge in [-0.3, -0.25) is 9.69 Å². The third kappa shape index (κ3) is 4.57. The Balaban J connectivity index is 1.47. The molecule has 1 amide bonds. The van der Waals surface area contributed by atoms with Crippen molar-refractivity contribution < 1.29 is 4.79 Å². The van der Waals surface area contributed by atoms with Gasteiger partial charge in [-0.05, 0) is 64.8 Å². The molecular formula is C19H28N4O. The molecule has 2 aromatic rings. The molecule has 0 spiro atoms. The molecule has 0 atom stereocenters. The smallest absolute Gasteiger partial charge is 0.234 e. The summed E-state index contributed by atoms with van der Waals surface area (Å²) in [6, 6.07) is 8.17. The SMILES string of the molecule is CC(C)(C)NC(=O)CN1CCC(Cc2nc3ccccc3[nH]2)CC1. The van der Waals surface area contributed by atoms with Crippen LogP contribution in [0, 0.1) is 5.92 Å². The fourth-order valence-electron chi connectivity index (χ4n) is 3.39. The molecule has 1 aliphatic rings. The number of hydrogen-bond donors (Lipinski definition) is 2. The van der Waals surface area contributed by atoms with Gasteiger partial charge in [0.25, 0.3) is 0 Å². The molecule has 2 N–H and O–H groups in total. The van der Waals surface area contributed by atoms with E-state index in [-0.39, 0.29) is 11.4 Å². The van der Waals surface area contributed by atoms with Gasteiger partial charge in [0, 0.05) is 12.0 Å². The third-order valence-corrected chi connectivity index (χ3v) is 4.51. The number of nitrogens with zero attached hydrogens (tertiary/aromatic N) is 2. The molecule has 2 heterocycles. The van der Waals surface area contributed by atoms with Crippen molar-refractivity contribution in [2.24, 2.45) is 5.92 Å². The Morgan fingerprint density at radius 3 is 2.67 bits per heavy atom. The van der Waals surface area contributed by atoms with Gasteiger partial charge in [0.05, 0.1) is 17.6 Å². The lowest BCUT2D eigenvalue weighted by atomic mass is 9.93. The minimum atomic E-state index is -0.156. The van der Waals surface area contributed by atoms with Crippen LogP contribution in [0.2, 0.25) is 0 Å². The number of nitrogens with one attached hydrogen (secondary N) is 2. The lowest BCUT2D eigenvalue weighted by Crippen LogP contribution is -2.47. The number of rotatable bonds is 4. The first-order valence-corrected chi connectivity index (χ1v) is 8.86. The van der Waals surface area contributed by atoms with Crippen molar-refractivity contribution in [1.29, 1.82) is 0 Å². The van der Waals surface area contributed by atoms with Crippen LogP contribution < -0.4 is 5.32 Å². The molecule has 5 heteroatoms. The molecule has 3 rings (SSSR count). The number of carbonyl (C=O) groups is 1. The Morgan fingerprint density at radius 1 is 1.29 bits per heavy atom. The zero-order valence-electron chi connectivity index (χ0n) is 14.9. The monoisotopic (exact) mass is 328 g/mol. The summed E-state index contributed by atoms with van der Waals surface area (Å²) < 4.78 is 0. The van der Waals surface area contributed by atoms with Crippen LogP contribution in [-0.4, -0.2) is 45.9 Å². The number of amides is 1. The maximum atomic E-state index is 12.0. The Kier molecular flexibility index (Phi) is 4.90. The molecule has 1 saturated heterocycles. The first-order valence-electron chi connectivity index (χ1n) is 8.86. The molecule has 24 heavy (non-hydrogen) atoms. The molecule has 0 radical (unpaired) electrons. The van der Waals surface area contributed by atoms with Crippen molar-refractivity contribution in [1.82, 2.24) is 20.2 Å². The van der Waals surface area contributed by atoms with Crippen molar-refractivity contribution in [3.8, 4) is 0 Å². The van der Waals surface area contributed by atoms with Crippen molar-refractivity contribution in [3.63, 3.8) is 0 Å². The largest absolute Gasteiger partial charge is 0.350 e. The molecule has 1 aliphatic heterocycles. The number of hydrogen-bond acceptors (Lipinski definition) is 3. The van der Waals surface area contributed by atoms with Crippen LogP contribution in [0.4, 0.5) is 0 Å². The Hall–Kier alpha value is -1.88. The van der Waals surface area contributed by atoms with E-state index in [1.54, 1.807) is 0 Å². The van der Waals surface area contributed by atoms with Crippen LogP contribution in [0.15, 0.2) is 24.3 Å². The maximum absolute atomic E-state index is 12.0. The van der Waals surface area contributed by atoms with Crippen LogP contribution in [0.1, 0.15) is 39.4 Å². The normalized spacial score (nSPS) is 17.3. The molecule has 5 nitrogen and oxygen atoms in total. The number of aromatic nitrogens is 2. The highest BCUT2D eigenvalue weighted by atomic mass is 16.2. The lowest BCUT2D eigenvalue weighted by molar-refractivity contribution is -0.124. The number of likely N-dealkylation sites (tertiary alicyclic amines) is 1. The van der Waals surface area contributed by atoms with Gasteiger partial charge in [0.1, 0.15) is 5.82 Å². The first kappa shape index (κ1) is 17.0. The quantitative estimate of drug-likeness (QED) is 0.907. The number of piperidine rings is 1. The predicted molar refractivity (Wildman–Crippen MR) is 96.9 cm³/mol. The molecular weight excluding hydrogens is 300 g/mol. The molecule has 1 aromatic carbocycles. The Morgan fingerprint density at radius 2 is 2.00 bits per heavy atom. The van der Waals surface area contributed by atoms with Gasteiger partial charge in [0.15, 0.2) is 0 Å².